The standard InChI is InChI=1S/C11H7BrClNO/c12-7-1-2-9(10(13)3-7)11(6-14)4-8(15)5-11/h1-3H,4-5H2. The highest BCUT2D eigenvalue weighted by Gasteiger charge is 2.46. The van der Waals surface area contributed by atoms with Crippen LogP contribution in [0.5, 0.6) is 0 Å². The van der Waals surface area contributed by atoms with E-state index < -0.39 is 5.41 Å². The van der Waals surface area contributed by atoms with E-state index in [-0.39, 0.29) is 18.6 Å². The Balaban J connectivity index is 2.46. The van der Waals surface area contributed by atoms with Gasteiger partial charge in [0.1, 0.15) is 5.78 Å². The van der Waals surface area contributed by atoms with E-state index in [2.05, 4.69) is 22.0 Å². The van der Waals surface area contributed by atoms with Crippen LogP contribution in [-0.4, -0.2) is 5.78 Å². The maximum absolute atomic E-state index is 11.0. The minimum Gasteiger partial charge on any atom is -0.300 e. The monoisotopic (exact) mass is 283 g/mol. The fourth-order valence-corrected chi connectivity index (χ4v) is 2.68. The zero-order chi connectivity index (χ0) is 11.1. The van der Waals surface area contributed by atoms with Crippen molar-refractivity contribution in [1.29, 1.82) is 5.26 Å². The topological polar surface area (TPSA) is 40.9 Å². The number of Topliss-reactive ketones (excluding diaryl/α,β-unsaturated/α-hetero) is 1. The Morgan fingerprint density at radius 1 is 1.47 bits per heavy atom. The van der Waals surface area contributed by atoms with Crippen LogP contribution in [0.2, 0.25) is 5.02 Å². The summed E-state index contributed by atoms with van der Waals surface area (Å²) < 4.78 is 0.870. The third kappa shape index (κ3) is 1.68. The molecular formula is C11H7BrClNO. The van der Waals surface area contributed by atoms with E-state index in [4.69, 9.17) is 16.9 Å². The number of nitrogens with zero attached hydrogens (tertiary/aromatic N) is 1. The van der Waals surface area contributed by atoms with E-state index in [0.29, 0.717) is 5.02 Å². The Morgan fingerprint density at radius 3 is 2.60 bits per heavy atom. The lowest BCUT2D eigenvalue weighted by atomic mass is 9.65. The maximum atomic E-state index is 11.0. The van der Waals surface area contributed by atoms with Gasteiger partial charge in [-0.1, -0.05) is 33.6 Å². The summed E-state index contributed by atoms with van der Waals surface area (Å²) >= 11 is 9.36. The molecule has 0 atom stereocenters. The molecule has 1 aromatic rings. The van der Waals surface area contributed by atoms with E-state index in [9.17, 15) is 4.79 Å². The quantitative estimate of drug-likeness (QED) is 0.794. The third-order valence-corrected chi connectivity index (χ3v) is 3.46. The summed E-state index contributed by atoms with van der Waals surface area (Å²) in [6, 6.07) is 7.59. The molecule has 76 valence electrons. The van der Waals surface area contributed by atoms with Gasteiger partial charge in [-0.25, -0.2) is 0 Å². The van der Waals surface area contributed by atoms with Gasteiger partial charge in [0.05, 0.1) is 11.5 Å². The number of hydrogen-bond donors (Lipinski definition) is 0. The fraction of sp³-hybridized carbons (Fsp3) is 0.273. The Kier molecular flexibility index (Phi) is 2.57. The van der Waals surface area contributed by atoms with Gasteiger partial charge in [-0.15, -0.1) is 0 Å². The number of carbonyl (C=O) groups excluding carboxylic acids is 1. The van der Waals surface area contributed by atoms with Crippen LogP contribution in [0.4, 0.5) is 0 Å². The van der Waals surface area contributed by atoms with Gasteiger partial charge >= 0.3 is 0 Å². The third-order valence-electron chi connectivity index (χ3n) is 2.66. The average Bonchev–Trinajstić information content (AvgIpc) is 2.13. The molecular weight excluding hydrogens is 277 g/mol. The molecule has 4 heteroatoms. The molecule has 0 spiro atoms. The Labute approximate surface area is 101 Å². The van der Waals surface area contributed by atoms with Crippen molar-refractivity contribution in [3.63, 3.8) is 0 Å². The van der Waals surface area contributed by atoms with Gasteiger partial charge in [-0.05, 0) is 17.7 Å². The fourth-order valence-electron chi connectivity index (χ4n) is 1.83. The predicted octanol–water partition coefficient (Wildman–Crippen LogP) is 3.23. The van der Waals surface area contributed by atoms with Crippen molar-refractivity contribution >= 4 is 33.3 Å². The van der Waals surface area contributed by atoms with E-state index in [1.807, 2.05) is 12.1 Å². The van der Waals surface area contributed by atoms with Gasteiger partial charge in [-0.3, -0.25) is 4.79 Å². The molecule has 0 saturated heterocycles. The molecule has 0 aliphatic heterocycles. The van der Waals surface area contributed by atoms with Crippen molar-refractivity contribution in [2.75, 3.05) is 0 Å². The lowest BCUT2D eigenvalue weighted by Gasteiger charge is -2.34. The van der Waals surface area contributed by atoms with Crippen molar-refractivity contribution < 1.29 is 4.79 Å². The predicted molar refractivity (Wildman–Crippen MR) is 60.7 cm³/mol. The van der Waals surface area contributed by atoms with Gasteiger partial charge in [0.25, 0.3) is 0 Å². The SMILES string of the molecule is N#CC1(c2ccc(Br)cc2Cl)CC(=O)C1. The van der Waals surface area contributed by atoms with Crippen LogP contribution < -0.4 is 0 Å². The highest BCUT2D eigenvalue weighted by molar-refractivity contribution is 9.10. The summed E-state index contributed by atoms with van der Waals surface area (Å²) in [4.78, 5) is 11.0. The summed E-state index contributed by atoms with van der Waals surface area (Å²) in [5.74, 6) is 0.121. The molecule has 1 saturated carbocycles. The lowest BCUT2D eigenvalue weighted by Crippen LogP contribution is -2.40. The summed E-state index contributed by atoms with van der Waals surface area (Å²) in [7, 11) is 0. The number of ketones is 1. The molecule has 0 N–H and O–H groups in total. The molecule has 2 rings (SSSR count). The normalized spacial score (nSPS) is 18.1. The van der Waals surface area contributed by atoms with Crippen molar-refractivity contribution in [3.8, 4) is 6.07 Å². The van der Waals surface area contributed by atoms with Crippen LogP contribution in [-0.2, 0) is 10.2 Å². The Bertz CT molecular complexity index is 470. The first kappa shape index (κ1) is 10.7. The van der Waals surface area contributed by atoms with Gasteiger partial charge < -0.3 is 0 Å². The summed E-state index contributed by atoms with van der Waals surface area (Å²) in [6.07, 6.45) is 0.565. The second kappa shape index (κ2) is 3.62. The molecule has 0 bridgehead atoms. The molecule has 0 amide bonds. The van der Waals surface area contributed by atoms with Gasteiger partial charge in [-0.2, -0.15) is 5.26 Å². The van der Waals surface area contributed by atoms with Crippen molar-refractivity contribution in [2.24, 2.45) is 0 Å². The smallest absolute Gasteiger partial charge is 0.136 e. The van der Waals surface area contributed by atoms with E-state index in [0.717, 1.165) is 10.0 Å². The van der Waals surface area contributed by atoms with Gasteiger partial charge in [0.2, 0.25) is 0 Å². The summed E-state index contributed by atoms with van der Waals surface area (Å²) in [6.45, 7) is 0. The van der Waals surface area contributed by atoms with Crippen LogP contribution >= 0.6 is 27.5 Å². The first-order chi connectivity index (χ1) is 7.07. The van der Waals surface area contributed by atoms with Crippen LogP contribution in [0.25, 0.3) is 0 Å². The number of benzene rings is 1. The molecule has 0 aromatic heterocycles. The zero-order valence-corrected chi connectivity index (χ0v) is 10.1. The summed E-state index contributed by atoms with van der Waals surface area (Å²) in [5.41, 5.74) is 0.0731. The molecule has 1 aliphatic carbocycles. The largest absolute Gasteiger partial charge is 0.300 e. The van der Waals surface area contributed by atoms with E-state index in [1.54, 1.807) is 6.07 Å². The number of nitriles is 1. The molecule has 1 aliphatic rings. The van der Waals surface area contributed by atoms with Gasteiger partial charge in [0, 0.05) is 22.3 Å². The van der Waals surface area contributed by atoms with Crippen LogP contribution in [0.15, 0.2) is 22.7 Å². The molecule has 15 heavy (non-hydrogen) atoms. The van der Waals surface area contributed by atoms with Crippen molar-refractivity contribution in [2.45, 2.75) is 18.3 Å². The molecule has 2 nitrogen and oxygen atoms in total. The van der Waals surface area contributed by atoms with Crippen LogP contribution in [0.1, 0.15) is 18.4 Å². The number of carbonyl (C=O) groups is 1. The zero-order valence-electron chi connectivity index (χ0n) is 7.76. The second-order valence-electron chi connectivity index (χ2n) is 3.71. The highest BCUT2D eigenvalue weighted by Crippen LogP contribution is 2.44. The molecule has 0 heterocycles. The van der Waals surface area contributed by atoms with Crippen LogP contribution in [0, 0.1) is 11.3 Å². The molecule has 1 aromatic carbocycles. The van der Waals surface area contributed by atoms with E-state index in [1.165, 1.54) is 0 Å². The lowest BCUT2D eigenvalue weighted by molar-refractivity contribution is -0.126. The molecule has 0 radical (unpaired) electrons. The first-order valence-electron chi connectivity index (χ1n) is 4.46. The maximum Gasteiger partial charge on any atom is 0.136 e. The summed E-state index contributed by atoms with van der Waals surface area (Å²) in [5, 5.41) is 9.67. The minimum atomic E-state index is -0.686. The highest BCUT2D eigenvalue weighted by atomic mass is 79.9. The Morgan fingerprint density at radius 2 is 2.13 bits per heavy atom. The number of halogens is 2. The van der Waals surface area contributed by atoms with Crippen molar-refractivity contribution in [1.82, 2.24) is 0 Å². The Hall–Kier alpha value is -0.850. The first-order valence-corrected chi connectivity index (χ1v) is 5.63. The van der Waals surface area contributed by atoms with Crippen LogP contribution in [0.3, 0.4) is 0 Å². The second-order valence-corrected chi connectivity index (χ2v) is 5.03. The minimum absolute atomic E-state index is 0.121. The van der Waals surface area contributed by atoms with E-state index >= 15 is 0 Å². The number of rotatable bonds is 1. The molecule has 1 fully saturated rings. The molecule has 0 unspecified atom stereocenters. The van der Waals surface area contributed by atoms with Crippen molar-refractivity contribution in [3.05, 3.63) is 33.3 Å². The van der Waals surface area contributed by atoms with Gasteiger partial charge in [0.15, 0.2) is 0 Å². The average molecular weight is 285 g/mol. The number of hydrogen-bond acceptors (Lipinski definition) is 2.